The highest BCUT2D eigenvalue weighted by molar-refractivity contribution is 6.09. The lowest BCUT2D eigenvalue weighted by Crippen LogP contribution is -1.91. The van der Waals surface area contributed by atoms with Crippen molar-refractivity contribution in [3.63, 3.8) is 0 Å². The topological polar surface area (TPSA) is 66.2 Å². The fourth-order valence-corrected chi connectivity index (χ4v) is 2.03. The second-order valence-electron chi connectivity index (χ2n) is 3.78. The number of aromatic amines is 1. The zero-order valence-electron chi connectivity index (χ0n) is 8.57. The summed E-state index contributed by atoms with van der Waals surface area (Å²) in [4.78, 5) is 13.8. The molecule has 2 N–H and O–H groups in total. The maximum Gasteiger partial charge on any atom is 0.371 e. The van der Waals surface area contributed by atoms with Crippen LogP contribution in [-0.4, -0.2) is 16.1 Å². The van der Waals surface area contributed by atoms with Gasteiger partial charge in [0.25, 0.3) is 0 Å². The summed E-state index contributed by atoms with van der Waals surface area (Å²) in [6.45, 7) is 1.99. The fraction of sp³-hybridized carbons (Fsp3) is 0.0833. The molecule has 4 nitrogen and oxygen atoms in total. The minimum Gasteiger partial charge on any atom is -0.475 e. The summed E-state index contributed by atoms with van der Waals surface area (Å²) in [5.74, 6) is -1.09. The molecule has 2 aromatic heterocycles. The van der Waals surface area contributed by atoms with E-state index in [1.807, 2.05) is 25.1 Å². The van der Waals surface area contributed by atoms with E-state index < -0.39 is 5.97 Å². The number of hydrogen-bond acceptors (Lipinski definition) is 2. The first kappa shape index (κ1) is 9.03. The van der Waals surface area contributed by atoms with Crippen molar-refractivity contribution in [2.45, 2.75) is 6.92 Å². The standard InChI is InChI=1S/C12H9NO3/c1-6-3-2-4-8-10(6)7-5-9(12(14)15)16-11(7)13-8/h2-5,13H,1H3,(H,14,15). The first-order valence-electron chi connectivity index (χ1n) is 4.91. The molecule has 0 saturated carbocycles. The van der Waals surface area contributed by atoms with Crippen molar-refractivity contribution in [3.8, 4) is 0 Å². The smallest absolute Gasteiger partial charge is 0.371 e. The average molecular weight is 215 g/mol. The molecule has 80 valence electrons. The monoisotopic (exact) mass is 215 g/mol. The van der Waals surface area contributed by atoms with Gasteiger partial charge in [-0.3, -0.25) is 0 Å². The molecule has 0 fully saturated rings. The number of rotatable bonds is 1. The van der Waals surface area contributed by atoms with Gasteiger partial charge >= 0.3 is 5.97 Å². The van der Waals surface area contributed by atoms with Crippen LogP contribution in [0.15, 0.2) is 28.7 Å². The number of aromatic carboxylic acids is 1. The molecule has 0 spiro atoms. The quantitative estimate of drug-likeness (QED) is 0.655. The Labute approximate surface area is 90.5 Å². The number of carbonyl (C=O) groups is 1. The molecule has 2 heterocycles. The lowest BCUT2D eigenvalue weighted by Gasteiger charge is -1.94. The summed E-state index contributed by atoms with van der Waals surface area (Å²) >= 11 is 0. The molecule has 16 heavy (non-hydrogen) atoms. The van der Waals surface area contributed by atoms with Crippen molar-refractivity contribution in [3.05, 3.63) is 35.6 Å². The maximum atomic E-state index is 10.8. The maximum absolute atomic E-state index is 10.8. The average Bonchev–Trinajstić information content (AvgIpc) is 2.73. The summed E-state index contributed by atoms with van der Waals surface area (Å²) in [6, 6.07) is 7.44. The Morgan fingerprint density at radius 1 is 1.44 bits per heavy atom. The molecule has 0 amide bonds. The Morgan fingerprint density at radius 3 is 3.00 bits per heavy atom. The lowest BCUT2D eigenvalue weighted by atomic mass is 10.1. The molecule has 0 unspecified atom stereocenters. The summed E-state index contributed by atoms with van der Waals surface area (Å²) in [6.07, 6.45) is 0. The van der Waals surface area contributed by atoms with Gasteiger partial charge in [-0.25, -0.2) is 4.79 Å². The van der Waals surface area contributed by atoms with Gasteiger partial charge in [0.05, 0.1) is 0 Å². The van der Waals surface area contributed by atoms with Crippen LogP contribution in [0.2, 0.25) is 0 Å². The van der Waals surface area contributed by atoms with Crippen LogP contribution in [0.1, 0.15) is 16.1 Å². The number of fused-ring (bicyclic) bond motifs is 3. The molecule has 1 aromatic carbocycles. The molecule has 0 saturated heterocycles. The Morgan fingerprint density at radius 2 is 2.25 bits per heavy atom. The van der Waals surface area contributed by atoms with Gasteiger partial charge in [0, 0.05) is 22.4 Å². The number of aryl methyl sites for hydroxylation is 1. The van der Waals surface area contributed by atoms with E-state index in [2.05, 4.69) is 4.98 Å². The number of benzene rings is 1. The van der Waals surface area contributed by atoms with E-state index in [1.165, 1.54) is 0 Å². The number of carboxylic acids is 1. The third kappa shape index (κ3) is 1.07. The van der Waals surface area contributed by atoms with Crippen molar-refractivity contribution >= 4 is 28.0 Å². The molecule has 3 aromatic rings. The lowest BCUT2D eigenvalue weighted by molar-refractivity contribution is 0.0664. The van der Waals surface area contributed by atoms with Crippen LogP contribution < -0.4 is 0 Å². The van der Waals surface area contributed by atoms with Crippen molar-refractivity contribution in [1.29, 1.82) is 0 Å². The second kappa shape index (κ2) is 2.88. The molecular formula is C12H9NO3. The Hall–Kier alpha value is -2.23. The van der Waals surface area contributed by atoms with Gasteiger partial charge in [0.2, 0.25) is 11.5 Å². The molecule has 0 aliphatic carbocycles. The predicted molar refractivity (Wildman–Crippen MR) is 59.8 cm³/mol. The van der Waals surface area contributed by atoms with Crippen molar-refractivity contribution in [2.75, 3.05) is 0 Å². The molecule has 3 rings (SSSR count). The van der Waals surface area contributed by atoms with Crippen molar-refractivity contribution in [2.24, 2.45) is 0 Å². The van der Waals surface area contributed by atoms with Gasteiger partial charge in [-0.2, -0.15) is 0 Å². The first-order valence-corrected chi connectivity index (χ1v) is 4.91. The Kier molecular flexibility index (Phi) is 1.63. The SMILES string of the molecule is Cc1cccc2[nH]c3oc(C(=O)O)cc3c12. The van der Waals surface area contributed by atoms with Gasteiger partial charge in [0.15, 0.2) is 0 Å². The Bertz CT molecular complexity index is 706. The summed E-state index contributed by atoms with van der Waals surface area (Å²) in [7, 11) is 0. The normalized spacial score (nSPS) is 11.3. The van der Waals surface area contributed by atoms with E-state index in [0.29, 0.717) is 5.71 Å². The van der Waals surface area contributed by atoms with Crippen LogP contribution in [0.5, 0.6) is 0 Å². The van der Waals surface area contributed by atoms with Crippen LogP contribution in [0, 0.1) is 6.92 Å². The number of hydrogen-bond donors (Lipinski definition) is 2. The summed E-state index contributed by atoms with van der Waals surface area (Å²) < 4.78 is 5.21. The molecular weight excluding hydrogens is 206 g/mol. The van der Waals surface area contributed by atoms with Gasteiger partial charge < -0.3 is 14.5 Å². The van der Waals surface area contributed by atoms with Gasteiger partial charge in [0.1, 0.15) is 0 Å². The number of nitrogens with one attached hydrogen (secondary N) is 1. The van der Waals surface area contributed by atoms with Gasteiger partial charge in [-0.15, -0.1) is 0 Å². The number of carboxylic acid groups (broad SMARTS) is 1. The highest BCUT2D eigenvalue weighted by Gasteiger charge is 2.15. The van der Waals surface area contributed by atoms with Gasteiger partial charge in [-0.1, -0.05) is 12.1 Å². The predicted octanol–water partition coefficient (Wildman–Crippen LogP) is 2.92. The number of H-pyrrole nitrogens is 1. The van der Waals surface area contributed by atoms with Crippen LogP contribution in [0.4, 0.5) is 0 Å². The molecule has 0 aliphatic heterocycles. The molecule has 0 bridgehead atoms. The van der Waals surface area contributed by atoms with Crippen LogP contribution in [0.25, 0.3) is 22.0 Å². The van der Waals surface area contributed by atoms with Crippen LogP contribution in [0.3, 0.4) is 0 Å². The third-order valence-corrected chi connectivity index (χ3v) is 2.73. The fourth-order valence-electron chi connectivity index (χ4n) is 2.03. The molecule has 0 radical (unpaired) electrons. The largest absolute Gasteiger partial charge is 0.475 e. The van der Waals surface area contributed by atoms with Crippen molar-refractivity contribution < 1.29 is 14.3 Å². The Balaban J connectivity index is 2.46. The van der Waals surface area contributed by atoms with Crippen molar-refractivity contribution in [1.82, 2.24) is 4.98 Å². The second-order valence-corrected chi connectivity index (χ2v) is 3.78. The zero-order valence-corrected chi connectivity index (χ0v) is 8.57. The van der Waals surface area contributed by atoms with E-state index in [-0.39, 0.29) is 5.76 Å². The van der Waals surface area contributed by atoms with E-state index >= 15 is 0 Å². The van der Waals surface area contributed by atoms with E-state index in [0.717, 1.165) is 21.9 Å². The van der Waals surface area contributed by atoms with E-state index in [1.54, 1.807) is 6.07 Å². The highest BCUT2D eigenvalue weighted by atomic mass is 16.4. The summed E-state index contributed by atoms with van der Waals surface area (Å²) in [5.41, 5.74) is 2.58. The van der Waals surface area contributed by atoms with Crippen LogP contribution >= 0.6 is 0 Å². The zero-order chi connectivity index (χ0) is 11.3. The third-order valence-electron chi connectivity index (χ3n) is 2.73. The summed E-state index contributed by atoms with van der Waals surface area (Å²) in [5, 5.41) is 10.7. The number of furan rings is 1. The molecule has 0 atom stereocenters. The van der Waals surface area contributed by atoms with E-state index in [9.17, 15) is 4.79 Å². The molecule has 4 heteroatoms. The number of aromatic nitrogens is 1. The van der Waals surface area contributed by atoms with Crippen LogP contribution in [-0.2, 0) is 0 Å². The minimum absolute atomic E-state index is 0.0357. The van der Waals surface area contributed by atoms with E-state index in [4.69, 9.17) is 9.52 Å². The highest BCUT2D eigenvalue weighted by Crippen LogP contribution is 2.30. The molecule has 0 aliphatic rings. The minimum atomic E-state index is -1.05. The first-order chi connectivity index (χ1) is 7.66. The van der Waals surface area contributed by atoms with Gasteiger partial charge in [-0.05, 0) is 18.6 Å².